The van der Waals surface area contributed by atoms with E-state index in [2.05, 4.69) is 24.9 Å². The summed E-state index contributed by atoms with van der Waals surface area (Å²) in [5.74, 6) is -3.01. The molecule has 5 heterocycles. The highest BCUT2D eigenvalue weighted by molar-refractivity contribution is 8.02. The lowest BCUT2D eigenvalue weighted by Gasteiger charge is -2.37. The number of alkyl halides is 6. The van der Waals surface area contributed by atoms with Gasteiger partial charge < -0.3 is 4.57 Å². The zero-order chi connectivity index (χ0) is 106. The van der Waals surface area contributed by atoms with Gasteiger partial charge in [0.25, 0.3) is 16.6 Å². The number of nitrogens with zero attached hydrogens (tertiary/aromatic N) is 8. The van der Waals surface area contributed by atoms with Crippen LogP contribution in [0.15, 0.2) is 341 Å². The lowest BCUT2D eigenvalue weighted by Crippen LogP contribution is -2.31. The molecule has 17 aromatic rings. The molecule has 2 atom stereocenters. The molecule has 3 fully saturated rings. The number of hydrogen-bond acceptors (Lipinski definition) is 18. The van der Waals surface area contributed by atoms with Gasteiger partial charge in [-0.2, -0.15) is 30.7 Å². The Morgan fingerprint density at radius 3 is 0.987 bits per heavy atom. The Balaban J connectivity index is 0.000000134. The fourth-order valence-electron chi connectivity index (χ4n) is 18.7. The van der Waals surface area contributed by atoms with Crippen molar-refractivity contribution >= 4 is 116 Å². The summed E-state index contributed by atoms with van der Waals surface area (Å²) in [4.78, 5) is 43.0. The van der Waals surface area contributed by atoms with Crippen LogP contribution in [0.5, 0.6) is 0 Å². The maximum Gasteiger partial charge on any atom is 0.423 e. The van der Waals surface area contributed by atoms with Gasteiger partial charge in [-0.3, -0.25) is 20.2 Å². The molecule has 20 rings (SSSR count). The Hall–Kier alpha value is -12.3. The topological polar surface area (TPSA) is 156 Å². The van der Waals surface area contributed by atoms with Crippen LogP contribution >= 0.6 is 104 Å². The number of nitro groups is 2. The second-order valence-electron chi connectivity index (χ2n) is 35.2. The number of imidazole rings is 1. The molecule has 150 heavy (non-hydrogen) atoms. The summed E-state index contributed by atoms with van der Waals surface area (Å²) in [6, 6.07) is 66.3. The minimum Gasteiger partial charge on any atom is -0.336 e. The van der Waals surface area contributed by atoms with Gasteiger partial charge in [0.2, 0.25) is 0 Å². The normalized spacial score (nSPS) is 14.6. The second-order valence-corrected chi connectivity index (χ2v) is 46.0. The van der Waals surface area contributed by atoms with E-state index in [0.29, 0.717) is 58.9 Å². The molecule has 0 aliphatic heterocycles. The predicted octanol–water partition coefficient (Wildman–Crippen LogP) is 34.2. The zero-order valence-electron chi connectivity index (χ0n) is 79.2. The number of thioether (sulfide) groups is 5. The molecule has 2 unspecified atom stereocenters. The summed E-state index contributed by atoms with van der Waals surface area (Å²) >= 11 is 12.3. The van der Waals surface area contributed by atoms with Crippen LogP contribution in [0.25, 0.3) is 0 Å². The van der Waals surface area contributed by atoms with Crippen LogP contribution < -0.4 is 0 Å². The Bertz CT molecular complexity index is 7190. The minimum absolute atomic E-state index is 0.0429. The number of benzene rings is 12. The first-order valence-corrected chi connectivity index (χ1v) is 54.9. The molecular weight excluding hydrogens is 2130 g/mol. The molecule has 38 heteroatoms. The number of aryl methyl sites for hydroxylation is 1. The molecule has 0 bridgehead atoms. The van der Waals surface area contributed by atoms with E-state index in [0.717, 1.165) is 162 Å². The van der Waals surface area contributed by atoms with Crippen molar-refractivity contribution in [2.24, 2.45) is 7.05 Å². The summed E-state index contributed by atoms with van der Waals surface area (Å²) < 4.78 is 233. The Labute approximate surface area is 889 Å². The number of hydrogen-bond donors (Lipinski definition) is 0. The van der Waals surface area contributed by atoms with Crippen molar-refractivity contribution in [3.05, 3.63) is 509 Å². The molecule has 0 radical (unpaired) electrons. The standard InChI is InChI=1S/C23H13F5N2O2S2.C23H20F4N2O2S2.C22H14F3NS2.C22H20F3NS2.C22H22F2N2S/c24-16-4-1-14(2-5-16)22(21-29-11-12-33-21,34-18-8-6-17(25)7-9-18)15-3-10-20(30(31)32)19(13-15)23(26,27)28;24-17-9-6-15(7-10-17)22(21-28-12-13-32-21,33-18-4-2-1-3-5-18)16-8-11-20(29(30)31)19(14-16)23(25,26)27;23-17-9-5-15(6-10-17)22(28-21-26-13-14-27-21,16-7-11-18(24)12-8-16)19-3-1-2-4-20(19)25;23-17-10-6-15(7-11-17)22(20-14-27-21(25)26-20,16-8-12-18(24)13-9-16)28-19-4-2-1-3-5-19;1-26-15-14-25-21(26)22(27-20-4-2-3-5-20,16-6-10-18(23)11-7-16)17-8-12-19(24)13-9-17/h1-13H;6-14,18H,1-5H2;1-14H;6-14,19H,1-5H2;6-15,20H,2-5H2,1H3. The maximum atomic E-state index is 15.1. The highest BCUT2D eigenvalue weighted by atomic mass is 32.2. The predicted molar refractivity (Wildman–Crippen MR) is 562 cm³/mol. The fourth-order valence-corrected chi connectivity index (χ4v) is 30.5. The van der Waals surface area contributed by atoms with E-state index in [9.17, 15) is 90.5 Å². The van der Waals surface area contributed by atoms with Crippen molar-refractivity contribution in [2.75, 3.05) is 0 Å². The molecule has 774 valence electrons. The molecule has 0 N–H and O–H groups in total. The summed E-state index contributed by atoms with van der Waals surface area (Å²) in [7, 11) is 1.97. The second kappa shape index (κ2) is 49.0. The van der Waals surface area contributed by atoms with Crippen LogP contribution in [0.3, 0.4) is 0 Å². The lowest BCUT2D eigenvalue weighted by atomic mass is 9.83. The Kier molecular flexibility index (Phi) is 36.1. The van der Waals surface area contributed by atoms with Gasteiger partial charge in [-0.05, 0) is 246 Å². The van der Waals surface area contributed by atoms with Crippen LogP contribution in [-0.2, 0) is 43.1 Å². The van der Waals surface area contributed by atoms with Gasteiger partial charge in [-0.1, -0.05) is 190 Å². The van der Waals surface area contributed by atoms with Crippen LogP contribution in [0.2, 0.25) is 0 Å². The molecular formula is C112H89F17N8O4S9. The molecule has 3 saturated carbocycles. The summed E-state index contributed by atoms with van der Waals surface area (Å²) in [5, 5.41) is 31.0. The highest BCUT2D eigenvalue weighted by Gasteiger charge is 2.51. The van der Waals surface area contributed by atoms with Gasteiger partial charge in [0.05, 0.1) is 15.5 Å². The molecule has 3 aliphatic rings. The van der Waals surface area contributed by atoms with E-state index in [1.165, 1.54) is 223 Å². The van der Waals surface area contributed by atoms with E-state index in [1.54, 1.807) is 125 Å². The van der Waals surface area contributed by atoms with Gasteiger partial charge >= 0.3 is 12.4 Å². The average molecular weight is 2220 g/mol. The van der Waals surface area contributed by atoms with Crippen LogP contribution in [-0.4, -0.2) is 55.1 Å². The van der Waals surface area contributed by atoms with Gasteiger partial charge in [0.1, 0.15) is 109 Å². The Morgan fingerprint density at radius 1 is 0.327 bits per heavy atom. The minimum atomic E-state index is -5.00. The molecule has 0 spiro atoms. The van der Waals surface area contributed by atoms with Crippen LogP contribution in [0, 0.1) is 83.7 Å². The third kappa shape index (κ3) is 25.2. The van der Waals surface area contributed by atoms with Crippen molar-refractivity contribution in [3.63, 3.8) is 0 Å². The molecule has 0 saturated heterocycles. The molecule has 12 aromatic carbocycles. The van der Waals surface area contributed by atoms with Crippen molar-refractivity contribution in [1.29, 1.82) is 0 Å². The summed E-state index contributed by atoms with van der Waals surface area (Å²) in [5.41, 5.74) is 2.31. The average Bonchev–Trinajstić information content (AvgIpc) is 1.29. The molecule has 0 amide bonds. The SMILES string of the molecule is Cn1ccnc1C(SC1CCCC1)(c1ccc(F)cc1)c1ccc(F)cc1.Fc1ccc(C(SC2CCCCC2)(c2ccc(F)cc2)c2csc(F)n2)cc1.Fc1ccc(C(Sc2nccs2)(c2ccc(F)cc2)c2ccccc2F)cc1.O=[N+]([O-])c1ccc(C(SC2CCCCC2)(c2ccc(F)cc2)c2nccs2)cc1C(F)(F)F.O=[N+]([O-])c1ccc(C(Sc2ccc(F)cc2)(c2ccc(F)cc2)c2nccs2)cc1C(F)(F)F. The third-order valence-corrected chi connectivity index (χ3v) is 37.7. The van der Waals surface area contributed by atoms with Gasteiger partial charge in [0.15, 0.2) is 4.34 Å². The van der Waals surface area contributed by atoms with Gasteiger partial charge in [-0.15, -0.1) is 81.1 Å². The van der Waals surface area contributed by atoms with E-state index in [1.807, 2.05) is 59.2 Å². The number of thiazole rings is 4. The quantitative estimate of drug-likeness (QED) is 0.0158. The maximum absolute atomic E-state index is 15.1. The summed E-state index contributed by atoms with van der Waals surface area (Å²) in [6.07, 6.45) is 13.9. The first-order chi connectivity index (χ1) is 72.1. The first-order valence-electron chi connectivity index (χ1n) is 47.1. The van der Waals surface area contributed by atoms with Gasteiger partial charge in [0, 0.05) is 97.9 Å². The fraction of sp³-hybridized carbons (Fsp3) is 0.223. The lowest BCUT2D eigenvalue weighted by molar-refractivity contribution is -0.388. The van der Waals surface area contributed by atoms with E-state index in [-0.39, 0.29) is 51.3 Å². The first kappa shape index (κ1) is 110. The molecule has 3 aliphatic carbocycles. The monoisotopic (exact) mass is 2220 g/mol. The van der Waals surface area contributed by atoms with Crippen molar-refractivity contribution in [2.45, 2.75) is 151 Å². The smallest absolute Gasteiger partial charge is 0.336 e. The molecule has 12 nitrogen and oxygen atoms in total. The molecule has 5 aromatic heterocycles. The van der Waals surface area contributed by atoms with E-state index >= 15 is 4.39 Å². The highest BCUT2D eigenvalue weighted by Crippen LogP contribution is 2.60. The third-order valence-electron chi connectivity index (χ3n) is 25.7. The number of aromatic nitrogens is 6. The number of halogens is 17. The van der Waals surface area contributed by atoms with Gasteiger partial charge in [-0.25, -0.2) is 68.8 Å². The van der Waals surface area contributed by atoms with Crippen LogP contribution in [0.1, 0.15) is 184 Å². The van der Waals surface area contributed by atoms with E-state index in [4.69, 9.17) is 0 Å². The van der Waals surface area contributed by atoms with Crippen LogP contribution in [0.4, 0.5) is 86.0 Å². The number of nitro benzene ring substituents is 2. The summed E-state index contributed by atoms with van der Waals surface area (Å²) in [6.45, 7) is 0. The Morgan fingerprint density at radius 2 is 0.647 bits per heavy atom. The number of rotatable bonds is 27. The van der Waals surface area contributed by atoms with Crippen molar-refractivity contribution in [3.8, 4) is 0 Å². The van der Waals surface area contributed by atoms with E-state index < -0.39 is 97.0 Å². The van der Waals surface area contributed by atoms with Crippen molar-refractivity contribution in [1.82, 2.24) is 29.5 Å². The zero-order valence-corrected chi connectivity index (χ0v) is 86.5. The van der Waals surface area contributed by atoms with Crippen molar-refractivity contribution < 1.29 is 84.5 Å². The largest absolute Gasteiger partial charge is 0.423 e.